The molecule has 1 aliphatic carbocycles. The Morgan fingerprint density at radius 2 is 2.12 bits per heavy atom. The van der Waals surface area contributed by atoms with Crippen molar-refractivity contribution in [1.82, 2.24) is 4.37 Å². The lowest BCUT2D eigenvalue weighted by Gasteiger charge is -2.25. The molecule has 94 valence electrons. The van der Waals surface area contributed by atoms with Gasteiger partial charge in [0.05, 0.1) is 5.69 Å². The number of nitrogen functional groups attached to an aromatic ring is 1. The van der Waals surface area contributed by atoms with Crippen LogP contribution < -0.4 is 5.73 Å². The molecule has 0 saturated heterocycles. The van der Waals surface area contributed by atoms with Gasteiger partial charge in [-0.1, -0.05) is 6.42 Å². The van der Waals surface area contributed by atoms with Gasteiger partial charge in [0.1, 0.15) is 16.2 Å². The molecule has 0 aliphatic heterocycles. The van der Waals surface area contributed by atoms with Crippen molar-refractivity contribution >= 4 is 22.5 Å². The molecule has 0 aromatic carbocycles. The summed E-state index contributed by atoms with van der Waals surface area (Å²) < 4.78 is 9.67. The summed E-state index contributed by atoms with van der Waals surface area (Å²) in [5, 5.41) is 0.473. The van der Waals surface area contributed by atoms with Crippen molar-refractivity contribution in [3.05, 3.63) is 11.3 Å². The summed E-state index contributed by atoms with van der Waals surface area (Å²) in [5.41, 5.74) is 6.67. The number of nitrogens with two attached hydrogens (primary N) is 1. The molecule has 0 spiro atoms. The number of carbonyl (C=O) groups excluding carboxylic acids is 1. The van der Waals surface area contributed by atoms with E-state index in [9.17, 15) is 4.79 Å². The normalized spacial score (nSPS) is 16.6. The molecule has 5 heteroatoms. The minimum absolute atomic E-state index is 0.342. The number of hydrogen-bond donors (Lipinski definition) is 1. The molecular formula is C12H18N2O2S. The molecule has 1 fully saturated rings. The summed E-state index contributed by atoms with van der Waals surface area (Å²) >= 11 is 1.19. The van der Waals surface area contributed by atoms with E-state index in [1.807, 2.05) is 20.8 Å². The van der Waals surface area contributed by atoms with Gasteiger partial charge in [0, 0.05) is 5.92 Å². The fraction of sp³-hybridized carbons (Fsp3) is 0.667. The molecule has 0 bridgehead atoms. The van der Waals surface area contributed by atoms with Gasteiger partial charge >= 0.3 is 5.97 Å². The van der Waals surface area contributed by atoms with E-state index >= 15 is 0 Å². The van der Waals surface area contributed by atoms with Crippen molar-refractivity contribution in [2.75, 3.05) is 5.73 Å². The molecule has 1 aromatic rings. The van der Waals surface area contributed by atoms with Crippen LogP contribution in [0.2, 0.25) is 0 Å². The second-order valence-corrected chi connectivity index (χ2v) is 6.24. The third kappa shape index (κ3) is 2.60. The molecule has 1 saturated carbocycles. The van der Waals surface area contributed by atoms with Gasteiger partial charge in [-0.25, -0.2) is 4.79 Å². The average Bonchev–Trinajstić information content (AvgIpc) is 2.41. The molecular weight excluding hydrogens is 236 g/mol. The highest BCUT2D eigenvalue weighted by molar-refractivity contribution is 7.10. The molecule has 1 aromatic heterocycles. The van der Waals surface area contributed by atoms with Crippen molar-refractivity contribution in [3.8, 4) is 0 Å². The monoisotopic (exact) mass is 254 g/mol. The van der Waals surface area contributed by atoms with Crippen LogP contribution in [0.4, 0.5) is 5.00 Å². The number of anilines is 1. The summed E-state index contributed by atoms with van der Waals surface area (Å²) in [7, 11) is 0. The van der Waals surface area contributed by atoms with Crippen LogP contribution in [0.25, 0.3) is 0 Å². The van der Waals surface area contributed by atoms with Crippen LogP contribution >= 0.6 is 11.5 Å². The van der Waals surface area contributed by atoms with Gasteiger partial charge in [0.2, 0.25) is 0 Å². The Morgan fingerprint density at radius 3 is 2.59 bits per heavy atom. The Bertz CT molecular complexity index is 430. The molecule has 0 amide bonds. The second-order valence-electron chi connectivity index (χ2n) is 5.44. The third-order valence-electron chi connectivity index (χ3n) is 2.84. The van der Waals surface area contributed by atoms with Crippen molar-refractivity contribution in [3.63, 3.8) is 0 Å². The van der Waals surface area contributed by atoms with E-state index in [0.29, 0.717) is 16.5 Å². The molecule has 0 unspecified atom stereocenters. The predicted molar refractivity (Wildman–Crippen MR) is 68.3 cm³/mol. The van der Waals surface area contributed by atoms with E-state index in [1.54, 1.807) is 0 Å². The van der Waals surface area contributed by atoms with Gasteiger partial charge in [-0.15, -0.1) is 0 Å². The van der Waals surface area contributed by atoms with Crippen LogP contribution in [0.5, 0.6) is 0 Å². The quantitative estimate of drug-likeness (QED) is 0.824. The number of ether oxygens (including phenoxy) is 1. The zero-order valence-corrected chi connectivity index (χ0v) is 11.3. The number of esters is 1. The number of carbonyl (C=O) groups is 1. The molecule has 1 heterocycles. The van der Waals surface area contributed by atoms with Crippen LogP contribution in [-0.2, 0) is 4.74 Å². The summed E-state index contributed by atoms with van der Waals surface area (Å²) in [5.74, 6) is 0.0525. The van der Waals surface area contributed by atoms with Crippen molar-refractivity contribution in [1.29, 1.82) is 0 Å². The van der Waals surface area contributed by atoms with Crippen LogP contribution in [0.15, 0.2) is 0 Å². The molecule has 2 N–H and O–H groups in total. The minimum Gasteiger partial charge on any atom is -0.456 e. The molecule has 1 aliphatic rings. The highest BCUT2D eigenvalue weighted by Crippen LogP contribution is 2.40. The first-order valence-corrected chi connectivity index (χ1v) is 6.64. The van der Waals surface area contributed by atoms with Gasteiger partial charge < -0.3 is 10.5 Å². The van der Waals surface area contributed by atoms with Crippen molar-refractivity contribution < 1.29 is 9.53 Å². The summed E-state index contributed by atoms with van der Waals surface area (Å²) in [6.45, 7) is 5.55. The molecule has 17 heavy (non-hydrogen) atoms. The zero-order valence-electron chi connectivity index (χ0n) is 10.4. The van der Waals surface area contributed by atoms with E-state index in [2.05, 4.69) is 4.37 Å². The Labute approximate surface area is 105 Å². The fourth-order valence-corrected chi connectivity index (χ4v) is 2.53. The van der Waals surface area contributed by atoms with Gasteiger partial charge in [0.15, 0.2) is 0 Å². The van der Waals surface area contributed by atoms with E-state index in [-0.39, 0.29) is 5.97 Å². The van der Waals surface area contributed by atoms with Gasteiger partial charge in [-0.2, -0.15) is 4.37 Å². The lowest BCUT2D eigenvalue weighted by atomic mass is 9.81. The largest absolute Gasteiger partial charge is 0.456 e. The highest BCUT2D eigenvalue weighted by Gasteiger charge is 2.31. The maximum Gasteiger partial charge on any atom is 0.343 e. The number of nitrogens with zero attached hydrogens (tertiary/aromatic N) is 1. The molecule has 0 atom stereocenters. The van der Waals surface area contributed by atoms with E-state index in [4.69, 9.17) is 10.5 Å². The maximum absolute atomic E-state index is 12.1. The Kier molecular flexibility index (Phi) is 3.12. The zero-order chi connectivity index (χ0) is 12.6. The Morgan fingerprint density at radius 1 is 1.47 bits per heavy atom. The fourth-order valence-electron chi connectivity index (χ4n) is 1.81. The van der Waals surface area contributed by atoms with E-state index < -0.39 is 5.60 Å². The predicted octanol–water partition coefficient (Wildman–Crippen LogP) is 2.95. The molecule has 4 nitrogen and oxygen atoms in total. The summed E-state index contributed by atoms with van der Waals surface area (Å²) in [4.78, 5) is 12.1. The van der Waals surface area contributed by atoms with Crippen LogP contribution in [0.1, 0.15) is 62.0 Å². The van der Waals surface area contributed by atoms with Crippen LogP contribution in [-0.4, -0.2) is 15.9 Å². The lowest BCUT2D eigenvalue weighted by molar-refractivity contribution is 0.00687. The average molecular weight is 254 g/mol. The van der Waals surface area contributed by atoms with Crippen molar-refractivity contribution in [2.24, 2.45) is 0 Å². The SMILES string of the molecule is CC(C)(C)OC(=O)c1c(C2CCC2)nsc1N. The van der Waals surface area contributed by atoms with Crippen LogP contribution in [0, 0.1) is 0 Å². The van der Waals surface area contributed by atoms with Gasteiger partial charge in [-0.3, -0.25) is 0 Å². The summed E-state index contributed by atoms with van der Waals surface area (Å²) in [6, 6.07) is 0. The third-order valence-corrected chi connectivity index (χ3v) is 3.53. The van der Waals surface area contributed by atoms with E-state index in [0.717, 1.165) is 18.5 Å². The minimum atomic E-state index is -0.498. The van der Waals surface area contributed by atoms with E-state index in [1.165, 1.54) is 18.0 Å². The second kappa shape index (κ2) is 4.29. The number of rotatable bonds is 2. The highest BCUT2D eigenvalue weighted by atomic mass is 32.1. The summed E-state index contributed by atoms with van der Waals surface area (Å²) in [6.07, 6.45) is 3.40. The number of hydrogen-bond acceptors (Lipinski definition) is 5. The Hall–Kier alpha value is -1.10. The molecule has 0 radical (unpaired) electrons. The molecule has 2 rings (SSSR count). The first kappa shape index (κ1) is 12.4. The van der Waals surface area contributed by atoms with Gasteiger partial charge in [-0.05, 0) is 45.1 Å². The lowest BCUT2D eigenvalue weighted by Crippen LogP contribution is -2.25. The first-order chi connectivity index (χ1) is 7.88. The number of aromatic nitrogens is 1. The van der Waals surface area contributed by atoms with Crippen LogP contribution in [0.3, 0.4) is 0 Å². The van der Waals surface area contributed by atoms with Crippen molar-refractivity contribution in [2.45, 2.75) is 51.6 Å². The topological polar surface area (TPSA) is 65.2 Å². The van der Waals surface area contributed by atoms with Gasteiger partial charge in [0.25, 0.3) is 0 Å². The smallest absolute Gasteiger partial charge is 0.343 e. The Balaban J connectivity index is 2.24. The first-order valence-electron chi connectivity index (χ1n) is 5.87. The maximum atomic E-state index is 12.1. The standard InChI is InChI=1S/C12H18N2O2S/c1-12(2,3)16-11(15)8-9(7-5-4-6-7)14-17-10(8)13/h7H,4-6,13H2,1-3H3.